The minimum absolute atomic E-state index is 0.475. The first-order chi connectivity index (χ1) is 9.06. The van der Waals surface area contributed by atoms with Crippen molar-refractivity contribution >= 4 is 11.3 Å². The summed E-state index contributed by atoms with van der Waals surface area (Å²) in [5.74, 6) is 0. The van der Waals surface area contributed by atoms with Gasteiger partial charge in [-0.2, -0.15) is 0 Å². The summed E-state index contributed by atoms with van der Waals surface area (Å²) in [6.45, 7) is 9.50. The van der Waals surface area contributed by atoms with Crippen LogP contribution < -0.4 is 5.32 Å². The molecule has 2 rings (SSSR count). The van der Waals surface area contributed by atoms with Gasteiger partial charge in [-0.15, -0.1) is 11.3 Å². The molecular formula is C16H22N2S. The van der Waals surface area contributed by atoms with Gasteiger partial charge in [0, 0.05) is 17.5 Å². The Kier molecular flexibility index (Phi) is 4.72. The molecule has 2 nitrogen and oxygen atoms in total. The Balaban J connectivity index is 1.90. The molecule has 0 saturated heterocycles. The molecule has 0 amide bonds. The molecule has 0 aliphatic rings. The van der Waals surface area contributed by atoms with Crippen LogP contribution in [-0.2, 0) is 13.0 Å². The van der Waals surface area contributed by atoms with Gasteiger partial charge in [-0.1, -0.05) is 24.3 Å². The van der Waals surface area contributed by atoms with Crippen LogP contribution in [0.15, 0.2) is 24.3 Å². The maximum atomic E-state index is 4.47. The van der Waals surface area contributed by atoms with Crippen molar-refractivity contribution in [3.05, 3.63) is 51.0 Å². The largest absolute Gasteiger partial charge is 0.309 e. The van der Waals surface area contributed by atoms with Crippen molar-refractivity contribution in [2.75, 3.05) is 0 Å². The van der Waals surface area contributed by atoms with Gasteiger partial charge in [-0.05, 0) is 45.2 Å². The molecule has 3 heteroatoms. The number of aromatic nitrogens is 1. The van der Waals surface area contributed by atoms with Gasteiger partial charge < -0.3 is 5.32 Å². The summed E-state index contributed by atoms with van der Waals surface area (Å²) in [5.41, 5.74) is 3.97. The van der Waals surface area contributed by atoms with E-state index < -0.39 is 0 Å². The molecule has 19 heavy (non-hydrogen) atoms. The van der Waals surface area contributed by atoms with Crippen LogP contribution in [0.5, 0.6) is 0 Å². The topological polar surface area (TPSA) is 24.9 Å². The minimum atomic E-state index is 0.475. The van der Waals surface area contributed by atoms with E-state index in [-0.39, 0.29) is 0 Å². The zero-order chi connectivity index (χ0) is 13.8. The fourth-order valence-corrected chi connectivity index (χ4v) is 3.13. The molecule has 1 heterocycles. The smallest absolute Gasteiger partial charge is 0.0900 e. The van der Waals surface area contributed by atoms with E-state index in [0.29, 0.717) is 6.04 Å². The lowest BCUT2D eigenvalue weighted by atomic mass is 10.0. The Morgan fingerprint density at radius 2 is 1.95 bits per heavy atom. The number of rotatable bonds is 5. The van der Waals surface area contributed by atoms with Gasteiger partial charge in [-0.3, -0.25) is 0 Å². The predicted molar refractivity (Wildman–Crippen MR) is 82.8 cm³/mol. The van der Waals surface area contributed by atoms with Gasteiger partial charge in [0.25, 0.3) is 0 Å². The van der Waals surface area contributed by atoms with Crippen LogP contribution in [0.2, 0.25) is 0 Å². The third-order valence-corrected chi connectivity index (χ3v) is 4.47. The minimum Gasteiger partial charge on any atom is -0.309 e. The van der Waals surface area contributed by atoms with Crippen LogP contribution in [-0.4, -0.2) is 11.0 Å². The van der Waals surface area contributed by atoms with E-state index in [4.69, 9.17) is 0 Å². The van der Waals surface area contributed by atoms with Crippen LogP contribution in [0.25, 0.3) is 0 Å². The van der Waals surface area contributed by atoms with Crippen molar-refractivity contribution < 1.29 is 0 Å². The summed E-state index contributed by atoms with van der Waals surface area (Å²) in [6, 6.07) is 9.09. The summed E-state index contributed by atoms with van der Waals surface area (Å²) in [7, 11) is 0. The zero-order valence-electron chi connectivity index (χ0n) is 12.2. The predicted octanol–water partition coefficient (Wildman–Crippen LogP) is 3.79. The highest BCUT2D eigenvalue weighted by molar-refractivity contribution is 7.11. The van der Waals surface area contributed by atoms with Gasteiger partial charge in [-0.25, -0.2) is 4.98 Å². The molecule has 1 aromatic heterocycles. The summed E-state index contributed by atoms with van der Waals surface area (Å²) in [5, 5.41) is 4.75. The maximum Gasteiger partial charge on any atom is 0.0900 e. The van der Waals surface area contributed by atoms with E-state index in [2.05, 4.69) is 62.3 Å². The summed E-state index contributed by atoms with van der Waals surface area (Å²) < 4.78 is 0. The number of thiazole rings is 1. The molecule has 1 N–H and O–H groups in total. The molecular weight excluding hydrogens is 252 g/mol. The quantitative estimate of drug-likeness (QED) is 0.897. The number of hydrogen-bond donors (Lipinski definition) is 1. The van der Waals surface area contributed by atoms with Crippen LogP contribution in [0.1, 0.15) is 33.6 Å². The van der Waals surface area contributed by atoms with Crippen molar-refractivity contribution in [3.63, 3.8) is 0 Å². The zero-order valence-corrected chi connectivity index (χ0v) is 13.0. The van der Waals surface area contributed by atoms with Crippen molar-refractivity contribution in [3.8, 4) is 0 Å². The molecule has 0 spiro atoms. The fraction of sp³-hybridized carbons (Fsp3) is 0.438. The van der Waals surface area contributed by atoms with Crippen LogP contribution in [0, 0.1) is 20.8 Å². The standard InChI is InChI=1S/C16H22N2S/c1-11-7-5-6-8-15(11)9-12(2)17-10-16-13(3)18-14(4)19-16/h5-8,12,17H,9-10H2,1-4H3. The van der Waals surface area contributed by atoms with Gasteiger partial charge >= 0.3 is 0 Å². The molecule has 0 radical (unpaired) electrons. The van der Waals surface area contributed by atoms with E-state index in [1.807, 2.05) is 0 Å². The average Bonchev–Trinajstić information content (AvgIpc) is 2.68. The lowest BCUT2D eigenvalue weighted by Gasteiger charge is -2.15. The highest BCUT2D eigenvalue weighted by Gasteiger charge is 2.08. The summed E-state index contributed by atoms with van der Waals surface area (Å²) in [6.07, 6.45) is 1.07. The van der Waals surface area contributed by atoms with Crippen LogP contribution in [0.3, 0.4) is 0 Å². The molecule has 0 fully saturated rings. The van der Waals surface area contributed by atoms with E-state index in [0.717, 1.165) is 23.7 Å². The Hall–Kier alpha value is -1.19. The second kappa shape index (κ2) is 6.31. The number of benzene rings is 1. The molecule has 0 saturated carbocycles. The normalized spacial score (nSPS) is 12.6. The van der Waals surface area contributed by atoms with Gasteiger partial charge in [0.15, 0.2) is 0 Å². The summed E-state index contributed by atoms with van der Waals surface area (Å²) in [4.78, 5) is 5.82. The van der Waals surface area contributed by atoms with Crippen molar-refractivity contribution in [2.45, 2.75) is 46.7 Å². The van der Waals surface area contributed by atoms with Gasteiger partial charge in [0.2, 0.25) is 0 Å². The molecule has 2 aromatic rings. The Morgan fingerprint density at radius 1 is 1.21 bits per heavy atom. The molecule has 1 unspecified atom stereocenters. The van der Waals surface area contributed by atoms with Crippen LogP contribution in [0.4, 0.5) is 0 Å². The number of hydrogen-bond acceptors (Lipinski definition) is 3. The monoisotopic (exact) mass is 274 g/mol. The number of nitrogens with zero attached hydrogens (tertiary/aromatic N) is 1. The van der Waals surface area contributed by atoms with Gasteiger partial charge in [0.1, 0.15) is 0 Å². The fourth-order valence-electron chi connectivity index (χ4n) is 2.25. The molecule has 1 atom stereocenters. The van der Waals surface area contributed by atoms with E-state index in [1.165, 1.54) is 16.0 Å². The van der Waals surface area contributed by atoms with Crippen LogP contribution >= 0.6 is 11.3 Å². The Labute approximate surface area is 119 Å². The average molecular weight is 274 g/mol. The molecule has 102 valence electrons. The molecule has 0 bridgehead atoms. The first-order valence-corrected chi connectivity index (χ1v) is 7.58. The first kappa shape index (κ1) is 14.2. The maximum absolute atomic E-state index is 4.47. The number of aryl methyl sites for hydroxylation is 3. The van der Waals surface area contributed by atoms with Crippen molar-refractivity contribution in [2.24, 2.45) is 0 Å². The Morgan fingerprint density at radius 3 is 2.58 bits per heavy atom. The molecule has 1 aromatic carbocycles. The second-order valence-corrected chi connectivity index (χ2v) is 6.44. The first-order valence-electron chi connectivity index (χ1n) is 6.77. The lowest BCUT2D eigenvalue weighted by Crippen LogP contribution is -2.27. The van der Waals surface area contributed by atoms with Crippen molar-refractivity contribution in [1.29, 1.82) is 0 Å². The third kappa shape index (κ3) is 3.88. The van der Waals surface area contributed by atoms with Gasteiger partial charge in [0.05, 0.1) is 10.7 Å². The van der Waals surface area contributed by atoms with E-state index in [1.54, 1.807) is 11.3 Å². The number of nitrogens with one attached hydrogen (secondary N) is 1. The lowest BCUT2D eigenvalue weighted by molar-refractivity contribution is 0.546. The Bertz CT molecular complexity index is 545. The molecule has 0 aliphatic carbocycles. The SMILES string of the molecule is Cc1nc(C)c(CNC(C)Cc2ccccc2C)s1. The van der Waals surface area contributed by atoms with E-state index >= 15 is 0 Å². The summed E-state index contributed by atoms with van der Waals surface area (Å²) >= 11 is 1.79. The third-order valence-electron chi connectivity index (χ3n) is 3.40. The molecule has 0 aliphatic heterocycles. The highest BCUT2D eigenvalue weighted by Crippen LogP contribution is 2.17. The van der Waals surface area contributed by atoms with Crippen molar-refractivity contribution in [1.82, 2.24) is 10.3 Å². The van der Waals surface area contributed by atoms with E-state index in [9.17, 15) is 0 Å². The second-order valence-electron chi connectivity index (χ2n) is 5.15. The highest BCUT2D eigenvalue weighted by atomic mass is 32.1.